The summed E-state index contributed by atoms with van der Waals surface area (Å²) in [6.45, 7) is 1.96. The quantitative estimate of drug-likeness (QED) is 0.771. The molecule has 1 aliphatic heterocycles. The van der Waals surface area contributed by atoms with Gasteiger partial charge in [-0.25, -0.2) is 4.39 Å². The molecule has 0 fully saturated rings. The number of aromatic nitrogens is 2. The van der Waals surface area contributed by atoms with Gasteiger partial charge in [0.05, 0.1) is 12.2 Å². The molecule has 1 amide bonds. The van der Waals surface area contributed by atoms with Crippen LogP contribution in [0.5, 0.6) is 0 Å². The highest BCUT2D eigenvalue weighted by atomic mass is 32.2. The molecule has 2 aromatic rings. The van der Waals surface area contributed by atoms with Crippen molar-refractivity contribution in [2.45, 2.75) is 31.7 Å². The second kappa shape index (κ2) is 8.17. The molecule has 0 atom stereocenters. The van der Waals surface area contributed by atoms with Crippen molar-refractivity contribution in [3.8, 4) is 6.07 Å². The van der Waals surface area contributed by atoms with Gasteiger partial charge in [-0.2, -0.15) is 22.1 Å². The molecule has 0 saturated heterocycles. The van der Waals surface area contributed by atoms with Gasteiger partial charge in [0.15, 0.2) is 5.69 Å². The van der Waals surface area contributed by atoms with Crippen LogP contribution < -0.4 is 0 Å². The summed E-state index contributed by atoms with van der Waals surface area (Å²) in [6.07, 6.45) is 1.32. The average molecular weight is 358 g/mol. The molecule has 2 heterocycles. The number of hydrogen-bond donors (Lipinski definition) is 0. The van der Waals surface area contributed by atoms with E-state index >= 15 is 0 Å². The molecule has 1 aromatic heterocycles. The molecule has 3 rings (SSSR count). The van der Waals surface area contributed by atoms with Crippen LogP contribution in [0.25, 0.3) is 0 Å². The fourth-order valence-electron chi connectivity index (χ4n) is 2.82. The Labute approximate surface area is 150 Å². The first-order chi connectivity index (χ1) is 12.2. The minimum atomic E-state index is -0.233. The first kappa shape index (κ1) is 17.5. The van der Waals surface area contributed by atoms with Crippen LogP contribution in [-0.2, 0) is 23.6 Å². The molecule has 1 aromatic carbocycles. The molecule has 0 aliphatic carbocycles. The summed E-state index contributed by atoms with van der Waals surface area (Å²) in [5, 5.41) is 13.2. The van der Waals surface area contributed by atoms with Crippen molar-refractivity contribution in [3.63, 3.8) is 0 Å². The number of carbonyl (C=O) groups is 1. The average Bonchev–Trinajstić information content (AvgIpc) is 2.90. The second-order valence-electron chi connectivity index (χ2n) is 5.95. The van der Waals surface area contributed by atoms with Crippen molar-refractivity contribution in [3.05, 3.63) is 53.1 Å². The van der Waals surface area contributed by atoms with E-state index in [4.69, 9.17) is 5.26 Å². The zero-order valence-corrected chi connectivity index (χ0v) is 14.6. The molecular formula is C18H19FN4OS. The zero-order valence-electron chi connectivity index (χ0n) is 13.8. The summed E-state index contributed by atoms with van der Waals surface area (Å²) in [5.41, 5.74) is 2.38. The number of hydrogen-bond acceptors (Lipinski definition) is 4. The van der Waals surface area contributed by atoms with Crippen LogP contribution in [0.3, 0.4) is 0 Å². The lowest BCUT2D eigenvalue weighted by atomic mass is 10.2. The second-order valence-corrected chi connectivity index (χ2v) is 7.06. The van der Waals surface area contributed by atoms with Crippen LogP contribution in [-0.4, -0.2) is 32.9 Å². The lowest BCUT2D eigenvalue weighted by Crippen LogP contribution is -2.30. The number of fused-ring (bicyclic) bond motifs is 1. The van der Waals surface area contributed by atoms with Gasteiger partial charge >= 0.3 is 0 Å². The number of amides is 1. The summed E-state index contributed by atoms with van der Waals surface area (Å²) in [7, 11) is 0. The number of rotatable bonds is 5. The van der Waals surface area contributed by atoms with Gasteiger partial charge in [0, 0.05) is 31.0 Å². The standard InChI is InChI=1S/C18H19FN4OS/c19-15-4-2-14(3-5-15)13-25-9-6-18(24)22-7-1-8-23-17(12-22)10-16(11-20)21-23/h2-5,10H,1,6-9,12-13H2. The maximum atomic E-state index is 12.9. The van der Waals surface area contributed by atoms with Gasteiger partial charge in [-0.1, -0.05) is 12.1 Å². The molecular weight excluding hydrogens is 339 g/mol. The van der Waals surface area contributed by atoms with Crippen molar-refractivity contribution in [1.29, 1.82) is 5.26 Å². The summed E-state index contributed by atoms with van der Waals surface area (Å²) < 4.78 is 14.7. The van der Waals surface area contributed by atoms with Crippen LogP contribution in [0.4, 0.5) is 4.39 Å². The number of nitriles is 1. The van der Waals surface area contributed by atoms with E-state index in [-0.39, 0.29) is 11.7 Å². The van der Waals surface area contributed by atoms with Crippen LogP contribution in [0.1, 0.15) is 29.8 Å². The number of halogens is 1. The van der Waals surface area contributed by atoms with Crippen LogP contribution >= 0.6 is 11.8 Å². The van der Waals surface area contributed by atoms with E-state index in [1.165, 1.54) is 12.1 Å². The Kier molecular flexibility index (Phi) is 5.71. The van der Waals surface area contributed by atoms with Gasteiger partial charge in [-0.15, -0.1) is 0 Å². The van der Waals surface area contributed by atoms with Gasteiger partial charge in [-0.05, 0) is 30.2 Å². The smallest absolute Gasteiger partial charge is 0.223 e. The highest BCUT2D eigenvalue weighted by Gasteiger charge is 2.20. The SMILES string of the molecule is N#Cc1cc2n(n1)CCCN(C(=O)CCSCc1ccc(F)cc1)C2. The number of aryl methyl sites for hydroxylation is 1. The van der Waals surface area contributed by atoms with E-state index in [9.17, 15) is 9.18 Å². The van der Waals surface area contributed by atoms with Crippen LogP contribution in [0, 0.1) is 17.1 Å². The number of benzene rings is 1. The first-order valence-corrected chi connectivity index (χ1v) is 9.38. The van der Waals surface area contributed by atoms with Crippen molar-refractivity contribution in [1.82, 2.24) is 14.7 Å². The maximum Gasteiger partial charge on any atom is 0.223 e. The highest BCUT2D eigenvalue weighted by Crippen LogP contribution is 2.17. The van der Waals surface area contributed by atoms with E-state index in [0.29, 0.717) is 25.2 Å². The number of thioether (sulfide) groups is 1. The highest BCUT2D eigenvalue weighted by molar-refractivity contribution is 7.98. The predicted molar refractivity (Wildman–Crippen MR) is 94.2 cm³/mol. The monoisotopic (exact) mass is 358 g/mol. The minimum Gasteiger partial charge on any atom is -0.337 e. The Morgan fingerprint density at radius 3 is 2.88 bits per heavy atom. The molecule has 0 saturated carbocycles. The molecule has 1 aliphatic rings. The number of nitrogens with zero attached hydrogens (tertiary/aromatic N) is 4. The van der Waals surface area contributed by atoms with E-state index in [0.717, 1.165) is 35.7 Å². The van der Waals surface area contributed by atoms with Gasteiger partial charge < -0.3 is 4.90 Å². The molecule has 25 heavy (non-hydrogen) atoms. The van der Waals surface area contributed by atoms with Crippen molar-refractivity contribution < 1.29 is 9.18 Å². The topological polar surface area (TPSA) is 61.9 Å². The Balaban J connectivity index is 1.47. The van der Waals surface area contributed by atoms with Gasteiger partial charge in [0.1, 0.15) is 11.9 Å². The summed E-state index contributed by atoms with van der Waals surface area (Å²) >= 11 is 1.67. The lowest BCUT2D eigenvalue weighted by Gasteiger charge is -2.19. The normalized spacial score (nSPS) is 13.8. The molecule has 7 heteroatoms. The van der Waals surface area contributed by atoms with E-state index in [1.807, 2.05) is 15.7 Å². The molecule has 0 spiro atoms. The summed E-state index contributed by atoms with van der Waals surface area (Å²) in [5.74, 6) is 1.39. The van der Waals surface area contributed by atoms with Gasteiger partial charge in [0.2, 0.25) is 5.91 Å². The van der Waals surface area contributed by atoms with Crippen molar-refractivity contribution >= 4 is 17.7 Å². The Hall–Kier alpha value is -2.33. The fraction of sp³-hybridized carbons (Fsp3) is 0.389. The minimum absolute atomic E-state index is 0.125. The van der Waals surface area contributed by atoms with Crippen molar-refractivity contribution in [2.24, 2.45) is 0 Å². The predicted octanol–water partition coefficient (Wildman–Crippen LogP) is 2.95. The Morgan fingerprint density at radius 2 is 2.12 bits per heavy atom. The van der Waals surface area contributed by atoms with E-state index in [1.54, 1.807) is 30.0 Å². The zero-order chi connectivity index (χ0) is 17.6. The van der Waals surface area contributed by atoms with E-state index in [2.05, 4.69) is 5.10 Å². The largest absolute Gasteiger partial charge is 0.337 e. The third-order valence-corrected chi connectivity index (χ3v) is 5.15. The van der Waals surface area contributed by atoms with Gasteiger partial charge in [0.25, 0.3) is 0 Å². The summed E-state index contributed by atoms with van der Waals surface area (Å²) in [6, 6.07) is 10.3. The molecule has 0 unspecified atom stereocenters. The molecule has 130 valence electrons. The Bertz CT molecular complexity index is 781. The van der Waals surface area contributed by atoms with Crippen LogP contribution in [0.2, 0.25) is 0 Å². The maximum absolute atomic E-state index is 12.9. The number of carbonyl (C=O) groups excluding carboxylic acids is 1. The molecule has 0 bridgehead atoms. The molecule has 0 N–H and O–H groups in total. The van der Waals surface area contributed by atoms with Crippen LogP contribution in [0.15, 0.2) is 30.3 Å². The molecule has 5 nitrogen and oxygen atoms in total. The Morgan fingerprint density at radius 1 is 1.32 bits per heavy atom. The van der Waals surface area contributed by atoms with Gasteiger partial charge in [-0.3, -0.25) is 9.48 Å². The fourth-order valence-corrected chi connectivity index (χ4v) is 3.71. The third-order valence-electron chi connectivity index (χ3n) is 4.12. The third kappa shape index (κ3) is 4.60. The summed E-state index contributed by atoms with van der Waals surface area (Å²) in [4.78, 5) is 14.3. The van der Waals surface area contributed by atoms with E-state index < -0.39 is 0 Å². The van der Waals surface area contributed by atoms with Crippen molar-refractivity contribution in [2.75, 3.05) is 12.3 Å². The molecule has 0 radical (unpaired) electrons. The lowest BCUT2D eigenvalue weighted by molar-refractivity contribution is -0.131. The first-order valence-electron chi connectivity index (χ1n) is 8.22.